The lowest BCUT2D eigenvalue weighted by atomic mass is 10.1. The van der Waals surface area contributed by atoms with Gasteiger partial charge >= 0.3 is 5.97 Å². The number of rotatable bonds is 6. The largest absolute Gasteiger partial charge is 0.490 e. The molecule has 1 heterocycles. The maximum absolute atomic E-state index is 12.9. The van der Waals surface area contributed by atoms with Crippen molar-refractivity contribution in [2.24, 2.45) is 0 Å². The van der Waals surface area contributed by atoms with Crippen LogP contribution in [0.4, 0.5) is 0 Å². The van der Waals surface area contributed by atoms with Crippen molar-refractivity contribution in [3.05, 3.63) is 63.0 Å². The molecule has 1 saturated heterocycles. The van der Waals surface area contributed by atoms with Gasteiger partial charge in [0.2, 0.25) is 0 Å². The zero-order chi connectivity index (χ0) is 23.4. The lowest BCUT2D eigenvalue weighted by Gasteiger charge is -2.16. The van der Waals surface area contributed by atoms with Crippen LogP contribution in [0.25, 0.3) is 6.08 Å². The summed E-state index contributed by atoms with van der Waals surface area (Å²) in [6.07, 6.45) is 1.62. The minimum atomic E-state index is -0.545. The number of nitrogens with zero attached hydrogens (tertiary/aromatic N) is 1. The number of esters is 1. The van der Waals surface area contributed by atoms with Gasteiger partial charge in [-0.05, 0) is 67.5 Å². The third-order valence-electron chi connectivity index (χ3n) is 4.20. The molecule has 1 aliphatic heterocycles. The van der Waals surface area contributed by atoms with Crippen molar-refractivity contribution in [2.45, 2.75) is 20.8 Å². The molecule has 166 valence electrons. The van der Waals surface area contributed by atoms with Crippen LogP contribution in [0.5, 0.6) is 11.5 Å². The minimum absolute atomic E-state index is 0.180. The average Bonchev–Trinajstić information content (AvgIpc) is 2.97. The molecule has 0 saturated carbocycles. The van der Waals surface area contributed by atoms with Crippen LogP contribution >= 0.6 is 35.6 Å². The Morgan fingerprint density at radius 3 is 2.62 bits per heavy atom. The molecule has 0 bridgehead atoms. The first-order valence-corrected chi connectivity index (χ1v) is 11.1. The number of carbonyl (C=O) groups excluding carboxylic acids is 3. The highest BCUT2D eigenvalue weighted by Crippen LogP contribution is 2.34. The molecular formula is C22H19ClN2O5S2. The summed E-state index contributed by atoms with van der Waals surface area (Å²) in [4.78, 5) is 37.0. The average molecular weight is 491 g/mol. The van der Waals surface area contributed by atoms with Crippen molar-refractivity contribution in [1.82, 2.24) is 10.4 Å². The van der Waals surface area contributed by atoms with Crippen molar-refractivity contribution in [1.29, 1.82) is 0 Å². The number of amides is 2. The maximum atomic E-state index is 12.9. The Morgan fingerprint density at radius 1 is 1.22 bits per heavy atom. The summed E-state index contributed by atoms with van der Waals surface area (Å²) >= 11 is 12.5. The molecule has 0 unspecified atom stereocenters. The second-order valence-corrected chi connectivity index (χ2v) is 8.76. The highest BCUT2D eigenvalue weighted by atomic mass is 35.5. The lowest BCUT2D eigenvalue weighted by Crippen LogP contribution is -2.44. The zero-order valence-corrected chi connectivity index (χ0v) is 19.8. The molecule has 1 fully saturated rings. The molecule has 2 aromatic carbocycles. The first kappa shape index (κ1) is 23.8. The number of thiocarbonyl (C=S) groups is 1. The fraction of sp³-hybridized carbons (Fsp3) is 0.182. The fourth-order valence-electron chi connectivity index (χ4n) is 2.80. The van der Waals surface area contributed by atoms with Gasteiger partial charge in [-0.1, -0.05) is 35.5 Å². The van der Waals surface area contributed by atoms with E-state index >= 15 is 0 Å². The predicted octanol–water partition coefficient (Wildman–Crippen LogP) is 4.52. The van der Waals surface area contributed by atoms with Gasteiger partial charge in [0, 0.05) is 6.92 Å². The molecule has 0 spiro atoms. The number of nitrogens with one attached hydrogen (secondary N) is 1. The Balaban J connectivity index is 1.81. The van der Waals surface area contributed by atoms with E-state index in [1.807, 2.05) is 6.92 Å². The number of hydrogen-bond acceptors (Lipinski definition) is 7. The van der Waals surface area contributed by atoms with Gasteiger partial charge in [0.05, 0.1) is 22.1 Å². The Kier molecular flexibility index (Phi) is 7.55. The third kappa shape index (κ3) is 5.48. The number of hydrazine groups is 1. The van der Waals surface area contributed by atoms with Gasteiger partial charge in [0.15, 0.2) is 15.8 Å². The van der Waals surface area contributed by atoms with E-state index in [0.717, 1.165) is 22.3 Å². The van der Waals surface area contributed by atoms with E-state index in [-0.39, 0.29) is 20.7 Å². The molecule has 3 rings (SSSR count). The summed E-state index contributed by atoms with van der Waals surface area (Å²) in [5.41, 5.74) is 4.29. The van der Waals surface area contributed by atoms with Gasteiger partial charge in [-0.3, -0.25) is 19.8 Å². The van der Waals surface area contributed by atoms with E-state index in [1.54, 1.807) is 49.4 Å². The van der Waals surface area contributed by atoms with Crippen LogP contribution in [0.1, 0.15) is 35.3 Å². The quantitative estimate of drug-likeness (QED) is 0.276. The van der Waals surface area contributed by atoms with Crippen molar-refractivity contribution < 1.29 is 23.9 Å². The van der Waals surface area contributed by atoms with Crippen LogP contribution in [0, 0.1) is 6.92 Å². The Morgan fingerprint density at radius 2 is 1.97 bits per heavy atom. The summed E-state index contributed by atoms with van der Waals surface area (Å²) in [5, 5.41) is 1.29. The van der Waals surface area contributed by atoms with E-state index in [9.17, 15) is 14.4 Å². The van der Waals surface area contributed by atoms with Crippen LogP contribution in [0.2, 0.25) is 5.02 Å². The molecule has 7 nitrogen and oxygen atoms in total. The first-order valence-electron chi connectivity index (χ1n) is 9.50. The van der Waals surface area contributed by atoms with E-state index in [1.165, 1.54) is 6.92 Å². The molecular weight excluding hydrogens is 472 g/mol. The van der Waals surface area contributed by atoms with Crippen LogP contribution in [-0.4, -0.2) is 33.7 Å². The topological polar surface area (TPSA) is 84.9 Å². The van der Waals surface area contributed by atoms with Crippen molar-refractivity contribution >= 4 is 63.8 Å². The second-order valence-electron chi connectivity index (χ2n) is 6.67. The predicted molar refractivity (Wildman–Crippen MR) is 128 cm³/mol. The Hall–Kier alpha value is -2.88. The highest BCUT2D eigenvalue weighted by molar-refractivity contribution is 8.26. The van der Waals surface area contributed by atoms with Crippen LogP contribution < -0.4 is 14.9 Å². The summed E-state index contributed by atoms with van der Waals surface area (Å²) in [5.74, 6) is -0.833. The molecule has 32 heavy (non-hydrogen) atoms. The lowest BCUT2D eigenvalue weighted by molar-refractivity contribution is -0.132. The normalized spacial score (nSPS) is 14.6. The highest BCUT2D eigenvalue weighted by Gasteiger charge is 2.34. The molecule has 0 aromatic heterocycles. The molecule has 1 aliphatic rings. The number of ether oxygens (including phenoxy) is 2. The Bertz CT molecular complexity index is 1150. The molecule has 2 amide bonds. The first-order chi connectivity index (χ1) is 15.2. The van der Waals surface area contributed by atoms with Crippen molar-refractivity contribution in [3.8, 4) is 11.5 Å². The fourth-order valence-corrected chi connectivity index (χ4v) is 4.30. The molecule has 10 heteroatoms. The van der Waals surface area contributed by atoms with Crippen LogP contribution in [-0.2, 0) is 9.59 Å². The standard InChI is InChI=1S/C22H19ClN2O5S2/c1-4-29-18-10-14(6-8-17(18)30-13(3)26)11-19-21(28)25(22(31)32-19)24-20(27)15-7-5-12(2)9-16(15)23/h5-11H,4H2,1-3H3,(H,24,27)/b19-11+. The van der Waals surface area contributed by atoms with E-state index in [4.69, 9.17) is 33.3 Å². The van der Waals surface area contributed by atoms with Crippen LogP contribution in [0.15, 0.2) is 41.3 Å². The van der Waals surface area contributed by atoms with Crippen molar-refractivity contribution in [2.75, 3.05) is 6.61 Å². The molecule has 0 aliphatic carbocycles. The molecule has 0 radical (unpaired) electrons. The van der Waals surface area contributed by atoms with Crippen molar-refractivity contribution in [3.63, 3.8) is 0 Å². The summed E-state index contributed by atoms with van der Waals surface area (Å²) in [6.45, 7) is 5.33. The SMILES string of the molecule is CCOc1cc(/C=C2/SC(=S)N(NC(=O)c3ccc(C)cc3Cl)C2=O)ccc1OC(C)=O. The van der Waals surface area contributed by atoms with E-state index in [0.29, 0.717) is 22.8 Å². The second kappa shape index (κ2) is 10.2. The number of hydrogen-bond donors (Lipinski definition) is 1. The van der Waals surface area contributed by atoms with Gasteiger partial charge in [-0.2, -0.15) is 5.01 Å². The monoisotopic (exact) mass is 490 g/mol. The van der Waals surface area contributed by atoms with Gasteiger partial charge in [-0.25, -0.2) is 0 Å². The van der Waals surface area contributed by atoms with Gasteiger partial charge in [0.1, 0.15) is 0 Å². The molecule has 1 N–H and O–H groups in total. The number of aryl methyl sites for hydroxylation is 1. The number of halogens is 1. The smallest absolute Gasteiger partial charge is 0.308 e. The van der Waals surface area contributed by atoms with Gasteiger partial charge in [0.25, 0.3) is 11.8 Å². The van der Waals surface area contributed by atoms with Gasteiger partial charge in [-0.15, -0.1) is 0 Å². The van der Waals surface area contributed by atoms with Crippen LogP contribution in [0.3, 0.4) is 0 Å². The third-order valence-corrected chi connectivity index (χ3v) is 5.81. The number of carbonyl (C=O) groups is 3. The van der Waals surface area contributed by atoms with E-state index in [2.05, 4.69) is 5.43 Å². The zero-order valence-electron chi connectivity index (χ0n) is 17.4. The molecule has 0 atom stereocenters. The van der Waals surface area contributed by atoms with Gasteiger partial charge < -0.3 is 9.47 Å². The maximum Gasteiger partial charge on any atom is 0.308 e. The number of thioether (sulfide) groups is 1. The molecule has 2 aromatic rings. The van der Waals surface area contributed by atoms with E-state index < -0.39 is 17.8 Å². The summed E-state index contributed by atoms with van der Waals surface area (Å²) in [6, 6.07) is 9.91. The summed E-state index contributed by atoms with van der Waals surface area (Å²) < 4.78 is 10.8. The minimum Gasteiger partial charge on any atom is -0.490 e. The summed E-state index contributed by atoms with van der Waals surface area (Å²) in [7, 11) is 0. The Labute approximate surface area is 199 Å². The number of benzene rings is 2.